The highest BCUT2D eigenvalue weighted by Crippen LogP contribution is 2.25. The van der Waals surface area contributed by atoms with Gasteiger partial charge in [0.2, 0.25) is 0 Å². The molecule has 2 unspecified atom stereocenters. The molecule has 2 atom stereocenters. The first kappa shape index (κ1) is 11.7. The van der Waals surface area contributed by atoms with Gasteiger partial charge in [-0.25, -0.2) is 0 Å². The lowest BCUT2D eigenvalue weighted by Crippen LogP contribution is -2.25. The molecule has 1 fully saturated rings. The van der Waals surface area contributed by atoms with E-state index in [1.54, 1.807) is 0 Å². The van der Waals surface area contributed by atoms with Gasteiger partial charge < -0.3 is 10.2 Å². The number of hydrogen-bond donors (Lipinski definition) is 1. The molecule has 16 heavy (non-hydrogen) atoms. The van der Waals surface area contributed by atoms with Crippen molar-refractivity contribution < 1.29 is 4.42 Å². The molecule has 1 heterocycles. The van der Waals surface area contributed by atoms with Gasteiger partial charge in [-0.05, 0) is 51.3 Å². The van der Waals surface area contributed by atoms with Crippen molar-refractivity contribution in [3.63, 3.8) is 0 Å². The van der Waals surface area contributed by atoms with E-state index in [4.69, 9.17) is 10.2 Å². The van der Waals surface area contributed by atoms with Crippen LogP contribution in [0.1, 0.15) is 30.8 Å². The van der Waals surface area contributed by atoms with Crippen molar-refractivity contribution in [2.45, 2.75) is 38.8 Å². The van der Waals surface area contributed by atoms with Gasteiger partial charge in [-0.1, -0.05) is 0 Å². The number of aryl methyl sites for hydroxylation is 1. The molecule has 3 heteroatoms. The van der Waals surface area contributed by atoms with Crippen molar-refractivity contribution in [3.8, 4) is 0 Å². The van der Waals surface area contributed by atoms with Crippen LogP contribution >= 0.6 is 0 Å². The van der Waals surface area contributed by atoms with E-state index in [1.165, 1.54) is 19.3 Å². The second-order valence-corrected chi connectivity index (χ2v) is 5.15. The summed E-state index contributed by atoms with van der Waals surface area (Å²) in [5, 5.41) is 0. The molecule has 1 aliphatic rings. The molecular weight excluding hydrogens is 200 g/mol. The van der Waals surface area contributed by atoms with Crippen LogP contribution in [0.15, 0.2) is 16.5 Å². The first-order chi connectivity index (χ1) is 7.63. The second-order valence-electron chi connectivity index (χ2n) is 5.15. The minimum atomic E-state index is 0.434. The van der Waals surface area contributed by atoms with Crippen LogP contribution in [-0.4, -0.2) is 24.5 Å². The van der Waals surface area contributed by atoms with Gasteiger partial charge >= 0.3 is 0 Å². The predicted molar refractivity (Wildman–Crippen MR) is 65.1 cm³/mol. The van der Waals surface area contributed by atoms with E-state index < -0.39 is 0 Å². The quantitative estimate of drug-likeness (QED) is 0.848. The fraction of sp³-hybridized carbons (Fsp3) is 0.692. The Morgan fingerprint density at radius 2 is 2.25 bits per heavy atom. The number of hydrogen-bond acceptors (Lipinski definition) is 3. The van der Waals surface area contributed by atoms with Crippen molar-refractivity contribution in [3.05, 3.63) is 23.7 Å². The van der Waals surface area contributed by atoms with E-state index >= 15 is 0 Å². The molecule has 90 valence electrons. The summed E-state index contributed by atoms with van der Waals surface area (Å²) in [6.07, 6.45) is 3.66. The number of furan rings is 1. The lowest BCUT2D eigenvalue weighted by Gasteiger charge is -2.19. The number of nitrogens with two attached hydrogens (primary N) is 1. The van der Waals surface area contributed by atoms with Crippen LogP contribution in [0.4, 0.5) is 0 Å². The van der Waals surface area contributed by atoms with Crippen molar-refractivity contribution >= 4 is 0 Å². The molecule has 2 N–H and O–H groups in total. The molecule has 1 aromatic heterocycles. The summed E-state index contributed by atoms with van der Waals surface area (Å²) in [5.41, 5.74) is 5.92. The van der Waals surface area contributed by atoms with E-state index in [0.717, 1.165) is 30.5 Å². The summed E-state index contributed by atoms with van der Waals surface area (Å²) in [6, 6.07) is 4.52. The van der Waals surface area contributed by atoms with E-state index in [1.807, 2.05) is 13.0 Å². The Labute approximate surface area is 97.6 Å². The van der Waals surface area contributed by atoms with Gasteiger partial charge in [0.1, 0.15) is 11.5 Å². The molecule has 0 bridgehead atoms. The van der Waals surface area contributed by atoms with Gasteiger partial charge in [0.15, 0.2) is 0 Å². The largest absolute Gasteiger partial charge is 0.465 e. The summed E-state index contributed by atoms with van der Waals surface area (Å²) in [6.45, 7) is 4.02. The molecule has 2 rings (SSSR count). The van der Waals surface area contributed by atoms with E-state index in [9.17, 15) is 0 Å². The minimum absolute atomic E-state index is 0.434. The molecule has 1 aliphatic carbocycles. The topological polar surface area (TPSA) is 42.4 Å². The Balaban J connectivity index is 1.78. The maximum atomic E-state index is 5.92. The molecule has 1 saturated carbocycles. The Morgan fingerprint density at radius 3 is 2.81 bits per heavy atom. The van der Waals surface area contributed by atoms with Crippen LogP contribution < -0.4 is 5.73 Å². The lowest BCUT2D eigenvalue weighted by atomic mass is 10.1. The molecule has 0 spiro atoms. The Morgan fingerprint density at radius 1 is 1.44 bits per heavy atom. The maximum absolute atomic E-state index is 5.92. The molecule has 1 aromatic rings. The standard InChI is InChI=1S/C13H22N2O/c1-10-3-6-13(16-10)9-15(2)8-11-4-5-12(14)7-11/h3,6,11-12H,4-5,7-9,14H2,1-2H3. The van der Waals surface area contributed by atoms with Crippen LogP contribution in [0, 0.1) is 12.8 Å². The lowest BCUT2D eigenvalue weighted by molar-refractivity contribution is 0.249. The highest BCUT2D eigenvalue weighted by atomic mass is 16.3. The van der Waals surface area contributed by atoms with Crippen LogP contribution in [0.5, 0.6) is 0 Å². The van der Waals surface area contributed by atoms with E-state index in [0.29, 0.717) is 6.04 Å². The summed E-state index contributed by atoms with van der Waals surface area (Å²) in [5.74, 6) is 2.82. The molecule has 0 aromatic carbocycles. The smallest absolute Gasteiger partial charge is 0.118 e. The summed E-state index contributed by atoms with van der Waals surface area (Å²) in [7, 11) is 2.15. The first-order valence-corrected chi connectivity index (χ1v) is 6.13. The van der Waals surface area contributed by atoms with E-state index in [2.05, 4.69) is 18.0 Å². The highest BCUT2D eigenvalue weighted by Gasteiger charge is 2.22. The summed E-state index contributed by atoms with van der Waals surface area (Å²) in [4.78, 5) is 2.33. The van der Waals surface area contributed by atoms with Crippen molar-refractivity contribution in [2.75, 3.05) is 13.6 Å². The van der Waals surface area contributed by atoms with Crippen LogP contribution in [0.3, 0.4) is 0 Å². The first-order valence-electron chi connectivity index (χ1n) is 6.13. The van der Waals surface area contributed by atoms with Gasteiger partial charge in [0.05, 0.1) is 6.54 Å². The second kappa shape index (κ2) is 5.02. The zero-order chi connectivity index (χ0) is 11.5. The van der Waals surface area contributed by atoms with Gasteiger partial charge in [-0.2, -0.15) is 0 Å². The third-order valence-corrected chi connectivity index (χ3v) is 3.37. The average molecular weight is 222 g/mol. The van der Waals surface area contributed by atoms with Crippen molar-refractivity contribution in [1.82, 2.24) is 4.90 Å². The average Bonchev–Trinajstić information content (AvgIpc) is 2.76. The summed E-state index contributed by atoms with van der Waals surface area (Å²) >= 11 is 0. The van der Waals surface area contributed by atoms with Gasteiger partial charge in [-0.15, -0.1) is 0 Å². The minimum Gasteiger partial charge on any atom is -0.465 e. The van der Waals surface area contributed by atoms with Crippen molar-refractivity contribution in [2.24, 2.45) is 11.7 Å². The fourth-order valence-electron chi connectivity index (χ4n) is 2.62. The van der Waals surface area contributed by atoms with Gasteiger partial charge in [0, 0.05) is 12.6 Å². The fourth-order valence-corrected chi connectivity index (χ4v) is 2.62. The Hall–Kier alpha value is -0.800. The molecule has 0 saturated heterocycles. The molecular formula is C13H22N2O. The SMILES string of the molecule is Cc1ccc(CN(C)CC2CCC(N)C2)o1. The monoisotopic (exact) mass is 222 g/mol. The van der Waals surface area contributed by atoms with E-state index in [-0.39, 0.29) is 0 Å². The van der Waals surface area contributed by atoms with Crippen LogP contribution in [-0.2, 0) is 6.54 Å². The highest BCUT2D eigenvalue weighted by molar-refractivity contribution is 5.05. The van der Waals surface area contributed by atoms with Crippen molar-refractivity contribution in [1.29, 1.82) is 0 Å². The zero-order valence-corrected chi connectivity index (χ0v) is 10.3. The zero-order valence-electron chi connectivity index (χ0n) is 10.3. The molecule has 3 nitrogen and oxygen atoms in total. The van der Waals surface area contributed by atoms with Gasteiger partial charge in [-0.3, -0.25) is 4.90 Å². The number of rotatable bonds is 4. The van der Waals surface area contributed by atoms with Crippen LogP contribution in [0.25, 0.3) is 0 Å². The Bertz CT molecular complexity index is 334. The molecule has 0 radical (unpaired) electrons. The molecule has 0 aliphatic heterocycles. The molecule has 0 amide bonds. The Kier molecular flexibility index (Phi) is 3.66. The summed E-state index contributed by atoms with van der Waals surface area (Å²) < 4.78 is 5.57. The predicted octanol–water partition coefficient (Wildman–Crippen LogP) is 2.15. The third kappa shape index (κ3) is 3.09. The number of nitrogens with zero attached hydrogens (tertiary/aromatic N) is 1. The third-order valence-electron chi connectivity index (χ3n) is 3.37. The maximum Gasteiger partial charge on any atom is 0.118 e. The normalized spacial score (nSPS) is 25.5. The van der Waals surface area contributed by atoms with Gasteiger partial charge in [0.25, 0.3) is 0 Å². The van der Waals surface area contributed by atoms with Crippen LogP contribution in [0.2, 0.25) is 0 Å².